The van der Waals surface area contributed by atoms with E-state index in [0.717, 1.165) is 6.42 Å². The molecule has 0 aliphatic heterocycles. The van der Waals surface area contributed by atoms with Gasteiger partial charge in [0, 0.05) is 20.3 Å². The van der Waals surface area contributed by atoms with Crippen molar-refractivity contribution in [3.8, 4) is 0 Å². The first-order chi connectivity index (χ1) is 5.18. The van der Waals surface area contributed by atoms with Crippen LogP contribution < -0.4 is 0 Å². The molecule has 4 heteroatoms. The molecular formula is C7H18O4. The molecule has 0 spiro atoms. The van der Waals surface area contributed by atoms with Crippen LogP contribution in [0.2, 0.25) is 0 Å². The highest BCUT2D eigenvalue weighted by molar-refractivity contribution is 4.34. The van der Waals surface area contributed by atoms with Crippen molar-refractivity contribution in [2.75, 3.05) is 26.9 Å². The summed E-state index contributed by atoms with van der Waals surface area (Å²) in [7, 11) is 1.62. The number of rotatable bonds is 4. The molecule has 0 saturated carbocycles. The molecule has 0 aliphatic rings. The summed E-state index contributed by atoms with van der Waals surface area (Å²) in [6.07, 6.45) is 0.186. The molecule has 0 heterocycles. The second-order valence-electron chi connectivity index (χ2n) is 2.10. The molecule has 0 aromatic rings. The van der Waals surface area contributed by atoms with Crippen molar-refractivity contribution in [1.29, 1.82) is 0 Å². The summed E-state index contributed by atoms with van der Waals surface area (Å²) >= 11 is 0. The van der Waals surface area contributed by atoms with Gasteiger partial charge in [-0.05, 0) is 13.3 Å². The van der Waals surface area contributed by atoms with Crippen LogP contribution in [0.1, 0.15) is 13.3 Å². The molecular weight excluding hydrogens is 148 g/mol. The molecule has 70 valence electrons. The molecule has 0 aromatic heterocycles. The third-order valence-corrected chi connectivity index (χ3v) is 0.771. The van der Waals surface area contributed by atoms with Crippen LogP contribution in [0.3, 0.4) is 0 Å². The fourth-order valence-electron chi connectivity index (χ4n) is 0.209. The van der Waals surface area contributed by atoms with E-state index in [1.807, 2.05) is 0 Å². The molecule has 1 atom stereocenters. The van der Waals surface area contributed by atoms with Gasteiger partial charge in [-0.3, -0.25) is 0 Å². The number of hydrogen-bond acceptors (Lipinski definition) is 4. The van der Waals surface area contributed by atoms with E-state index in [1.165, 1.54) is 6.92 Å². The first kappa shape index (κ1) is 13.4. The summed E-state index contributed by atoms with van der Waals surface area (Å²) in [6.45, 7) is 2.28. The standard InChI is InChI=1S/C4H10O2.C3H8O2/c1-6-4-2-3-5;1-3(5)2-4/h5H,2-4H2,1H3;3-5H,2H2,1H3. The average molecular weight is 166 g/mol. The quantitative estimate of drug-likeness (QED) is 0.487. The van der Waals surface area contributed by atoms with Crippen LogP contribution in [-0.4, -0.2) is 48.4 Å². The highest BCUT2D eigenvalue weighted by Crippen LogP contribution is 1.73. The zero-order valence-corrected chi connectivity index (χ0v) is 7.16. The van der Waals surface area contributed by atoms with Crippen LogP contribution in [0.5, 0.6) is 0 Å². The zero-order chi connectivity index (χ0) is 9.11. The minimum atomic E-state index is -0.560. The smallest absolute Gasteiger partial charge is 0.0742 e. The maximum Gasteiger partial charge on any atom is 0.0742 e. The van der Waals surface area contributed by atoms with Crippen molar-refractivity contribution in [2.24, 2.45) is 0 Å². The monoisotopic (exact) mass is 166 g/mol. The molecule has 1 unspecified atom stereocenters. The molecule has 0 amide bonds. The van der Waals surface area contributed by atoms with Gasteiger partial charge in [0.2, 0.25) is 0 Å². The topological polar surface area (TPSA) is 69.9 Å². The lowest BCUT2D eigenvalue weighted by Crippen LogP contribution is -2.03. The van der Waals surface area contributed by atoms with Crippen molar-refractivity contribution >= 4 is 0 Å². The summed E-state index contributed by atoms with van der Waals surface area (Å²) in [6, 6.07) is 0. The minimum absolute atomic E-state index is 0.139. The molecule has 0 radical (unpaired) electrons. The SMILES string of the molecule is CC(O)CO.COCCCO. The van der Waals surface area contributed by atoms with Gasteiger partial charge in [-0.2, -0.15) is 0 Å². The van der Waals surface area contributed by atoms with Crippen molar-refractivity contribution in [2.45, 2.75) is 19.4 Å². The van der Waals surface area contributed by atoms with Crippen LogP contribution >= 0.6 is 0 Å². The summed E-state index contributed by atoms with van der Waals surface area (Å²) < 4.78 is 4.62. The van der Waals surface area contributed by atoms with Crippen LogP contribution in [-0.2, 0) is 4.74 Å². The van der Waals surface area contributed by atoms with Gasteiger partial charge in [0.1, 0.15) is 0 Å². The van der Waals surface area contributed by atoms with Crippen LogP contribution in [0, 0.1) is 0 Å². The minimum Gasteiger partial charge on any atom is -0.396 e. The average Bonchev–Trinajstić information content (AvgIpc) is 2.02. The largest absolute Gasteiger partial charge is 0.396 e. The Labute approximate surface area is 67.4 Å². The van der Waals surface area contributed by atoms with Gasteiger partial charge in [-0.1, -0.05) is 0 Å². The van der Waals surface area contributed by atoms with E-state index in [1.54, 1.807) is 7.11 Å². The van der Waals surface area contributed by atoms with Crippen molar-refractivity contribution < 1.29 is 20.1 Å². The maximum atomic E-state index is 8.12. The fraction of sp³-hybridized carbons (Fsp3) is 1.00. The Kier molecular flexibility index (Phi) is 15.3. The summed E-state index contributed by atoms with van der Waals surface area (Å²) in [5.41, 5.74) is 0. The highest BCUT2D eigenvalue weighted by Gasteiger charge is 1.83. The fourth-order valence-corrected chi connectivity index (χ4v) is 0.209. The molecule has 0 fully saturated rings. The van der Waals surface area contributed by atoms with Gasteiger partial charge in [-0.25, -0.2) is 0 Å². The van der Waals surface area contributed by atoms with E-state index in [0.29, 0.717) is 6.61 Å². The Balaban J connectivity index is 0. The van der Waals surface area contributed by atoms with Crippen LogP contribution in [0.4, 0.5) is 0 Å². The van der Waals surface area contributed by atoms with Crippen molar-refractivity contribution in [1.82, 2.24) is 0 Å². The van der Waals surface area contributed by atoms with Gasteiger partial charge in [-0.15, -0.1) is 0 Å². The van der Waals surface area contributed by atoms with E-state index in [2.05, 4.69) is 4.74 Å². The van der Waals surface area contributed by atoms with Gasteiger partial charge < -0.3 is 20.1 Å². The van der Waals surface area contributed by atoms with E-state index < -0.39 is 6.10 Å². The highest BCUT2D eigenvalue weighted by atomic mass is 16.5. The van der Waals surface area contributed by atoms with Gasteiger partial charge in [0.05, 0.1) is 12.7 Å². The Bertz CT molecular complexity index is 52.4. The third-order valence-electron chi connectivity index (χ3n) is 0.771. The van der Waals surface area contributed by atoms with E-state index in [9.17, 15) is 0 Å². The maximum absolute atomic E-state index is 8.12. The lowest BCUT2D eigenvalue weighted by molar-refractivity contribution is 0.110. The second kappa shape index (κ2) is 12.5. The molecule has 0 bridgehead atoms. The number of aliphatic hydroxyl groups excluding tert-OH is 3. The summed E-state index contributed by atoms with van der Waals surface area (Å²) in [5.74, 6) is 0. The number of ether oxygens (including phenoxy) is 1. The van der Waals surface area contributed by atoms with Gasteiger partial charge >= 0.3 is 0 Å². The second-order valence-corrected chi connectivity index (χ2v) is 2.10. The van der Waals surface area contributed by atoms with Crippen LogP contribution in [0.15, 0.2) is 0 Å². The summed E-state index contributed by atoms with van der Waals surface area (Å²) in [4.78, 5) is 0. The van der Waals surface area contributed by atoms with Crippen molar-refractivity contribution in [3.63, 3.8) is 0 Å². The Morgan fingerprint density at radius 3 is 1.91 bits per heavy atom. The van der Waals surface area contributed by atoms with Gasteiger partial charge in [0.25, 0.3) is 0 Å². The molecule has 3 N–H and O–H groups in total. The van der Waals surface area contributed by atoms with E-state index in [4.69, 9.17) is 15.3 Å². The van der Waals surface area contributed by atoms with Crippen molar-refractivity contribution in [3.05, 3.63) is 0 Å². The summed E-state index contributed by atoms with van der Waals surface area (Å²) in [5, 5.41) is 24.1. The number of hydrogen-bond donors (Lipinski definition) is 3. The van der Waals surface area contributed by atoms with E-state index >= 15 is 0 Å². The zero-order valence-electron chi connectivity index (χ0n) is 7.16. The predicted octanol–water partition coefficient (Wildman–Crippen LogP) is -0.625. The first-order valence-electron chi connectivity index (χ1n) is 3.57. The molecule has 0 aliphatic carbocycles. The Hall–Kier alpha value is -0.160. The number of aliphatic hydroxyl groups is 3. The molecule has 0 saturated heterocycles. The molecule has 11 heavy (non-hydrogen) atoms. The first-order valence-corrected chi connectivity index (χ1v) is 3.57. The van der Waals surface area contributed by atoms with E-state index in [-0.39, 0.29) is 13.2 Å². The predicted molar refractivity (Wildman–Crippen MR) is 42.3 cm³/mol. The molecule has 0 aromatic carbocycles. The lowest BCUT2D eigenvalue weighted by atomic mass is 10.5. The third kappa shape index (κ3) is 25.8. The van der Waals surface area contributed by atoms with Crippen LogP contribution in [0.25, 0.3) is 0 Å². The molecule has 4 nitrogen and oxygen atoms in total. The lowest BCUT2D eigenvalue weighted by Gasteiger charge is -1.90. The number of methoxy groups -OCH3 is 1. The Morgan fingerprint density at radius 1 is 1.36 bits per heavy atom. The normalized spacial score (nSPS) is 11.7. The Morgan fingerprint density at radius 2 is 1.82 bits per heavy atom. The van der Waals surface area contributed by atoms with Gasteiger partial charge in [0.15, 0.2) is 0 Å². The molecule has 0 rings (SSSR count).